The molecule has 1 fully saturated rings. The average molecular weight is 242 g/mol. The summed E-state index contributed by atoms with van der Waals surface area (Å²) in [4.78, 5) is 7.48. The minimum Gasteiger partial charge on any atom is -0.368 e. The van der Waals surface area contributed by atoms with Crippen LogP contribution in [-0.2, 0) is 10.0 Å². The van der Waals surface area contributed by atoms with Crippen molar-refractivity contribution >= 4 is 16.0 Å². The number of nitrogen functional groups attached to an aromatic ring is 1. The summed E-state index contributed by atoms with van der Waals surface area (Å²) >= 11 is 0. The third-order valence-electron chi connectivity index (χ3n) is 2.91. The number of anilines is 1. The summed E-state index contributed by atoms with van der Waals surface area (Å²) in [6.07, 6.45) is 5.42. The van der Waals surface area contributed by atoms with Crippen LogP contribution < -0.4 is 5.73 Å². The van der Waals surface area contributed by atoms with Gasteiger partial charge in [0, 0.05) is 13.1 Å². The number of nitrogens with zero attached hydrogens (tertiary/aromatic N) is 3. The summed E-state index contributed by atoms with van der Waals surface area (Å²) in [6, 6.07) is 0.113. The number of rotatable bonds is 3. The first-order valence-electron chi connectivity index (χ1n) is 5.07. The van der Waals surface area contributed by atoms with E-state index in [1.54, 1.807) is 7.05 Å². The van der Waals surface area contributed by atoms with Crippen LogP contribution in [0.25, 0.3) is 0 Å². The first kappa shape index (κ1) is 11.3. The highest BCUT2D eigenvalue weighted by molar-refractivity contribution is 7.89. The Kier molecular flexibility index (Phi) is 2.81. The van der Waals surface area contributed by atoms with Gasteiger partial charge in [0.2, 0.25) is 16.0 Å². The molecule has 7 heteroatoms. The van der Waals surface area contributed by atoms with Gasteiger partial charge in [-0.25, -0.2) is 18.4 Å². The van der Waals surface area contributed by atoms with Gasteiger partial charge in [0.05, 0.1) is 12.4 Å². The van der Waals surface area contributed by atoms with Gasteiger partial charge in [-0.1, -0.05) is 6.42 Å². The molecule has 1 aromatic rings. The lowest BCUT2D eigenvalue weighted by Crippen LogP contribution is -2.41. The lowest BCUT2D eigenvalue weighted by Gasteiger charge is -2.33. The fourth-order valence-electron chi connectivity index (χ4n) is 1.57. The van der Waals surface area contributed by atoms with E-state index in [1.807, 2.05) is 0 Å². The van der Waals surface area contributed by atoms with Crippen molar-refractivity contribution in [2.45, 2.75) is 30.2 Å². The third-order valence-corrected chi connectivity index (χ3v) is 4.78. The molecule has 1 aliphatic rings. The lowest BCUT2D eigenvalue weighted by molar-refractivity contribution is 0.249. The van der Waals surface area contributed by atoms with Crippen LogP contribution in [-0.4, -0.2) is 35.8 Å². The Hall–Kier alpha value is -1.21. The van der Waals surface area contributed by atoms with E-state index in [9.17, 15) is 8.42 Å². The van der Waals surface area contributed by atoms with E-state index in [1.165, 1.54) is 16.7 Å². The highest BCUT2D eigenvalue weighted by atomic mass is 32.2. The molecule has 0 aromatic carbocycles. The quantitative estimate of drug-likeness (QED) is 0.819. The highest BCUT2D eigenvalue weighted by Crippen LogP contribution is 2.27. The van der Waals surface area contributed by atoms with E-state index in [0.717, 1.165) is 19.3 Å². The molecule has 88 valence electrons. The molecule has 0 spiro atoms. The Balaban J connectivity index is 2.27. The predicted octanol–water partition coefficient (Wildman–Crippen LogP) is 0.232. The number of sulfonamides is 1. The molecule has 0 saturated heterocycles. The molecular weight excluding hydrogens is 228 g/mol. The van der Waals surface area contributed by atoms with Crippen LogP contribution in [0.1, 0.15) is 19.3 Å². The van der Waals surface area contributed by atoms with Gasteiger partial charge in [0.25, 0.3) is 0 Å². The van der Waals surface area contributed by atoms with E-state index in [0.29, 0.717) is 0 Å². The molecule has 1 saturated carbocycles. The molecule has 1 aliphatic carbocycles. The Morgan fingerprint density at radius 3 is 2.38 bits per heavy atom. The van der Waals surface area contributed by atoms with Crippen LogP contribution in [0.3, 0.4) is 0 Å². The fourth-order valence-corrected chi connectivity index (χ4v) is 2.88. The topological polar surface area (TPSA) is 89.2 Å². The number of hydrogen-bond acceptors (Lipinski definition) is 5. The van der Waals surface area contributed by atoms with E-state index in [4.69, 9.17) is 5.73 Å². The zero-order valence-corrected chi connectivity index (χ0v) is 9.81. The second-order valence-electron chi connectivity index (χ2n) is 3.88. The van der Waals surface area contributed by atoms with Crippen molar-refractivity contribution in [1.82, 2.24) is 14.3 Å². The van der Waals surface area contributed by atoms with Crippen molar-refractivity contribution in [3.05, 3.63) is 12.4 Å². The van der Waals surface area contributed by atoms with Gasteiger partial charge in [-0.05, 0) is 12.8 Å². The molecule has 0 amide bonds. The molecule has 6 nitrogen and oxygen atoms in total. The molecule has 0 radical (unpaired) electrons. The van der Waals surface area contributed by atoms with Crippen molar-refractivity contribution < 1.29 is 8.42 Å². The predicted molar refractivity (Wildman–Crippen MR) is 59.0 cm³/mol. The van der Waals surface area contributed by atoms with Gasteiger partial charge in [0.15, 0.2) is 0 Å². The second-order valence-corrected chi connectivity index (χ2v) is 5.88. The summed E-state index contributed by atoms with van der Waals surface area (Å²) < 4.78 is 25.6. The van der Waals surface area contributed by atoms with Crippen LogP contribution in [0.15, 0.2) is 17.3 Å². The van der Waals surface area contributed by atoms with Crippen LogP contribution in [0.5, 0.6) is 0 Å². The number of hydrogen-bond donors (Lipinski definition) is 1. The van der Waals surface area contributed by atoms with Gasteiger partial charge in [-0.2, -0.15) is 4.31 Å². The third kappa shape index (κ3) is 1.88. The van der Waals surface area contributed by atoms with Crippen molar-refractivity contribution in [3.63, 3.8) is 0 Å². The van der Waals surface area contributed by atoms with Crippen LogP contribution in [0, 0.1) is 0 Å². The van der Waals surface area contributed by atoms with Gasteiger partial charge in [0.1, 0.15) is 4.90 Å². The molecule has 0 bridgehead atoms. The Morgan fingerprint density at radius 1 is 1.38 bits per heavy atom. The maximum absolute atomic E-state index is 12.1. The van der Waals surface area contributed by atoms with E-state index in [2.05, 4.69) is 9.97 Å². The standard InChI is InChI=1S/C9H14N4O2S/c1-13(7-3-2-4-7)16(14,15)8-5-11-9(10)12-6-8/h5-7H,2-4H2,1H3,(H2,10,11,12). The van der Waals surface area contributed by atoms with Gasteiger partial charge in [-0.3, -0.25) is 0 Å². The first-order chi connectivity index (χ1) is 7.51. The molecule has 1 heterocycles. The van der Waals surface area contributed by atoms with Gasteiger partial charge in [-0.15, -0.1) is 0 Å². The Morgan fingerprint density at radius 2 is 1.94 bits per heavy atom. The summed E-state index contributed by atoms with van der Waals surface area (Å²) in [5.74, 6) is 0.0743. The molecule has 0 aliphatic heterocycles. The van der Waals surface area contributed by atoms with Gasteiger partial charge < -0.3 is 5.73 Å². The lowest BCUT2D eigenvalue weighted by atomic mass is 9.94. The molecule has 0 unspecified atom stereocenters. The van der Waals surface area contributed by atoms with Crippen molar-refractivity contribution in [3.8, 4) is 0 Å². The van der Waals surface area contributed by atoms with E-state index < -0.39 is 10.0 Å². The first-order valence-corrected chi connectivity index (χ1v) is 6.51. The summed E-state index contributed by atoms with van der Waals surface area (Å²) in [6.45, 7) is 0. The number of nitrogens with two attached hydrogens (primary N) is 1. The van der Waals surface area contributed by atoms with Crippen LogP contribution >= 0.6 is 0 Å². The van der Waals surface area contributed by atoms with Crippen LogP contribution in [0.2, 0.25) is 0 Å². The SMILES string of the molecule is CN(C1CCC1)S(=O)(=O)c1cnc(N)nc1. The molecule has 2 rings (SSSR count). The average Bonchev–Trinajstić information content (AvgIpc) is 2.15. The fraction of sp³-hybridized carbons (Fsp3) is 0.556. The minimum atomic E-state index is -3.46. The molecule has 1 aromatic heterocycles. The van der Waals surface area contributed by atoms with E-state index in [-0.39, 0.29) is 16.9 Å². The molecule has 16 heavy (non-hydrogen) atoms. The Labute approximate surface area is 94.6 Å². The monoisotopic (exact) mass is 242 g/mol. The zero-order valence-electron chi connectivity index (χ0n) is 9.00. The number of aromatic nitrogens is 2. The van der Waals surface area contributed by atoms with Crippen LogP contribution in [0.4, 0.5) is 5.95 Å². The van der Waals surface area contributed by atoms with Crippen molar-refractivity contribution in [2.75, 3.05) is 12.8 Å². The molecular formula is C9H14N4O2S. The summed E-state index contributed by atoms with van der Waals surface area (Å²) in [7, 11) is -1.87. The largest absolute Gasteiger partial charge is 0.368 e. The Bertz CT molecular complexity index is 467. The summed E-state index contributed by atoms with van der Waals surface area (Å²) in [5.41, 5.74) is 5.31. The molecule has 0 atom stereocenters. The maximum atomic E-state index is 12.1. The van der Waals surface area contributed by atoms with E-state index >= 15 is 0 Å². The highest BCUT2D eigenvalue weighted by Gasteiger charge is 2.32. The van der Waals surface area contributed by atoms with Gasteiger partial charge >= 0.3 is 0 Å². The summed E-state index contributed by atoms with van der Waals surface area (Å²) in [5, 5.41) is 0. The minimum absolute atomic E-state index is 0.0743. The molecule has 2 N–H and O–H groups in total. The smallest absolute Gasteiger partial charge is 0.246 e. The van der Waals surface area contributed by atoms with Crippen molar-refractivity contribution in [1.29, 1.82) is 0 Å². The zero-order chi connectivity index (χ0) is 11.8. The normalized spacial score (nSPS) is 17.4. The van der Waals surface area contributed by atoms with Crippen molar-refractivity contribution in [2.24, 2.45) is 0 Å². The maximum Gasteiger partial charge on any atom is 0.246 e. The second kappa shape index (κ2) is 3.99.